The van der Waals surface area contributed by atoms with Gasteiger partial charge in [-0.05, 0) is 38.1 Å². The maximum absolute atomic E-state index is 12.5. The molecule has 0 saturated heterocycles. The molecule has 0 saturated carbocycles. The number of halogens is 3. The van der Waals surface area contributed by atoms with Gasteiger partial charge >= 0.3 is 6.18 Å². The van der Waals surface area contributed by atoms with Gasteiger partial charge in [-0.3, -0.25) is 0 Å². The van der Waals surface area contributed by atoms with E-state index < -0.39 is 27.8 Å². The molecule has 1 rings (SSSR count). The first kappa shape index (κ1) is 17.5. The van der Waals surface area contributed by atoms with Gasteiger partial charge in [-0.15, -0.1) is 0 Å². The zero-order valence-corrected chi connectivity index (χ0v) is 12.4. The molecule has 0 amide bonds. The van der Waals surface area contributed by atoms with Crippen LogP contribution >= 0.6 is 0 Å². The van der Waals surface area contributed by atoms with Crippen LogP contribution in [-0.2, 0) is 16.2 Å². The lowest BCUT2D eigenvalue weighted by Crippen LogP contribution is -2.37. The van der Waals surface area contributed by atoms with Crippen molar-refractivity contribution >= 4 is 10.0 Å². The molecule has 21 heavy (non-hydrogen) atoms. The van der Waals surface area contributed by atoms with E-state index in [0.717, 1.165) is 28.6 Å². The molecule has 116 valence electrons. The Balaban J connectivity index is 3.14. The third kappa shape index (κ3) is 4.19. The summed E-state index contributed by atoms with van der Waals surface area (Å²) in [6, 6.07) is 4.78. The fourth-order valence-electron chi connectivity index (χ4n) is 1.77. The summed E-state index contributed by atoms with van der Waals surface area (Å²) in [5, 5.41) is 8.56. The van der Waals surface area contributed by atoms with Crippen molar-refractivity contribution in [2.75, 3.05) is 6.54 Å². The Labute approximate surface area is 121 Å². The Morgan fingerprint density at radius 2 is 1.76 bits per heavy atom. The summed E-state index contributed by atoms with van der Waals surface area (Å²) in [4.78, 5) is -0.220. The van der Waals surface area contributed by atoms with Gasteiger partial charge in [-0.1, -0.05) is 0 Å². The summed E-state index contributed by atoms with van der Waals surface area (Å²) in [6.07, 6.45) is -4.50. The van der Waals surface area contributed by atoms with Crippen LogP contribution in [0.3, 0.4) is 0 Å². The molecule has 0 aliphatic carbocycles. The largest absolute Gasteiger partial charge is 0.416 e. The topological polar surface area (TPSA) is 61.2 Å². The summed E-state index contributed by atoms with van der Waals surface area (Å²) in [5.74, 6) is 0. The second kappa shape index (κ2) is 6.45. The fourth-order valence-corrected chi connectivity index (χ4v) is 3.40. The van der Waals surface area contributed by atoms with E-state index in [1.165, 1.54) is 0 Å². The number of sulfonamides is 1. The molecule has 0 N–H and O–H groups in total. The van der Waals surface area contributed by atoms with Crippen molar-refractivity contribution in [3.05, 3.63) is 29.8 Å². The second-order valence-electron chi connectivity index (χ2n) is 4.64. The molecular weight excluding hydrogens is 305 g/mol. The number of rotatable bonds is 5. The number of nitrogens with zero attached hydrogens (tertiary/aromatic N) is 2. The maximum Gasteiger partial charge on any atom is 0.416 e. The lowest BCUT2D eigenvalue weighted by Gasteiger charge is -2.25. The minimum absolute atomic E-state index is 0.00246. The van der Waals surface area contributed by atoms with Gasteiger partial charge < -0.3 is 0 Å². The van der Waals surface area contributed by atoms with Crippen LogP contribution in [-0.4, -0.2) is 25.3 Å². The second-order valence-corrected chi connectivity index (χ2v) is 6.53. The number of alkyl halides is 3. The van der Waals surface area contributed by atoms with E-state index in [1.807, 2.05) is 6.07 Å². The third-order valence-corrected chi connectivity index (χ3v) is 4.90. The van der Waals surface area contributed by atoms with Gasteiger partial charge in [0.2, 0.25) is 10.0 Å². The van der Waals surface area contributed by atoms with Gasteiger partial charge in [0.05, 0.1) is 16.5 Å². The monoisotopic (exact) mass is 320 g/mol. The maximum atomic E-state index is 12.5. The van der Waals surface area contributed by atoms with Crippen LogP contribution in [0.4, 0.5) is 13.2 Å². The van der Waals surface area contributed by atoms with Crippen molar-refractivity contribution in [1.29, 1.82) is 5.26 Å². The smallest absolute Gasteiger partial charge is 0.207 e. The van der Waals surface area contributed by atoms with Crippen molar-refractivity contribution in [2.45, 2.75) is 37.4 Å². The number of hydrogen-bond acceptors (Lipinski definition) is 3. The van der Waals surface area contributed by atoms with E-state index >= 15 is 0 Å². The van der Waals surface area contributed by atoms with Crippen LogP contribution in [0.1, 0.15) is 25.8 Å². The highest BCUT2D eigenvalue weighted by molar-refractivity contribution is 7.89. The molecule has 0 radical (unpaired) electrons. The average Bonchev–Trinajstić information content (AvgIpc) is 2.37. The lowest BCUT2D eigenvalue weighted by atomic mass is 10.2. The van der Waals surface area contributed by atoms with Gasteiger partial charge in [0, 0.05) is 19.0 Å². The lowest BCUT2D eigenvalue weighted by molar-refractivity contribution is -0.137. The highest BCUT2D eigenvalue weighted by atomic mass is 32.2. The zero-order valence-electron chi connectivity index (χ0n) is 11.6. The quantitative estimate of drug-likeness (QED) is 0.838. The molecule has 4 nitrogen and oxygen atoms in total. The van der Waals surface area contributed by atoms with Crippen molar-refractivity contribution in [2.24, 2.45) is 0 Å². The molecule has 1 aromatic carbocycles. The van der Waals surface area contributed by atoms with E-state index in [4.69, 9.17) is 5.26 Å². The first-order valence-electron chi connectivity index (χ1n) is 6.16. The van der Waals surface area contributed by atoms with Gasteiger partial charge in [0.15, 0.2) is 0 Å². The molecule has 0 aromatic heterocycles. The fraction of sp³-hybridized carbons (Fsp3) is 0.462. The third-order valence-electron chi connectivity index (χ3n) is 2.81. The number of nitriles is 1. The molecule has 8 heteroatoms. The van der Waals surface area contributed by atoms with Gasteiger partial charge in [0.25, 0.3) is 0 Å². The van der Waals surface area contributed by atoms with E-state index in [-0.39, 0.29) is 17.9 Å². The van der Waals surface area contributed by atoms with E-state index in [0.29, 0.717) is 0 Å². The predicted octanol–water partition coefficient (Wildman–Crippen LogP) is 3.02. The minimum atomic E-state index is -4.51. The van der Waals surface area contributed by atoms with Crippen LogP contribution in [0.25, 0.3) is 0 Å². The molecule has 0 unspecified atom stereocenters. The van der Waals surface area contributed by atoms with Gasteiger partial charge in [-0.25, -0.2) is 8.42 Å². The van der Waals surface area contributed by atoms with Crippen molar-refractivity contribution in [1.82, 2.24) is 4.31 Å². The predicted molar refractivity (Wildman–Crippen MR) is 70.7 cm³/mol. The average molecular weight is 320 g/mol. The summed E-state index contributed by atoms with van der Waals surface area (Å²) in [7, 11) is -3.92. The molecule has 0 atom stereocenters. The summed E-state index contributed by atoms with van der Waals surface area (Å²) >= 11 is 0. The number of benzene rings is 1. The standard InChI is InChI=1S/C13H15F3N2O2S/c1-10(2)18(9-3-8-17)21(19,20)12-6-4-11(5-7-12)13(14,15)16/h4-7,10H,3,9H2,1-2H3. The summed E-state index contributed by atoms with van der Waals surface area (Å²) < 4.78 is 63.3. The van der Waals surface area contributed by atoms with E-state index in [2.05, 4.69) is 0 Å². The highest BCUT2D eigenvalue weighted by Gasteiger charge is 2.32. The number of hydrogen-bond donors (Lipinski definition) is 0. The zero-order chi connectivity index (χ0) is 16.3. The minimum Gasteiger partial charge on any atom is -0.207 e. The van der Waals surface area contributed by atoms with Crippen LogP contribution in [0.2, 0.25) is 0 Å². The summed E-state index contributed by atoms with van der Waals surface area (Å²) in [6.45, 7) is 3.27. The molecular formula is C13H15F3N2O2S. The molecule has 0 aliphatic rings. The Kier molecular flexibility index (Phi) is 5.36. The Morgan fingerprint density at radius 3 is 2.14 bits per heavy atom. The molecule has 0 bridgehead atoms. The Morgan fingerprint density at radius 1 is 1.24 bits per heavy atom. The van der Waals surface area contributed by atoms with Crippen molar-refractivity contribution < 1.29 is 21.6 Å². The molecule has 0 spiro atoms. The molecule has 0 fully saturated rings. The highest BCUT2D eigenvalue weighted by Crippen LogP contribution is 2.30. The Bertz CT molecular complexity index is 616. The SMILES string of the molecule is CC(C)N(CCC#N)S(=O)(=O)c1ccc(C(F)(F)F)cc1. The van der Waals surface area contributed by atoms with Gasteiger partial charge in [0.1, 0.15) is 0 Å². The Hall–Kier alpha value is -1.59. The normalized spacial score (nSPS) is 12.7. The van der Waals surface area contributed by atoms with Crippen molar-refractivity contribution in [3.8, 4) is 6.07 Å². The van der Waals surface area contributed by atoms with Crippen LogP contribution < -0.4 is 0 Å². The first-order chi connectivity index (χ1) is 9.60. The molecule has 1 aromatic rings. The van der Waals surface area contributed by atoms with Crippen LogP contribution in [0.5, 0.6) is 0 Å². The van der Waals surface area contributed by atoms with Crippen LogP contribution in [0.15, 0.2) is 29.2 Å². The van der Waals surface area contributed by atoms with E-state index in [1.54, 1.807) is 13.8 Å². The first-order valence-corrected chi connectivity index (χ1v) is 7.60. The van der Waals surface area contributed by atoms with Crippen molar-refractivity contribution in [3.63, 3.8) is 0 Å². The molecule has 0 aliphatic heterocycles. The van der Waals surface area contributed by atoms with Crippen LogP contribution in [0, 0.1) is 11.3 Å². The molecule has 0 heterocycles. The van der Waals surface area contributed by atoms with Gasteiger partial charge in [-0.2, -0.15) is 22.7 Å². The van der Waals surface area contributed by atoms with E-state index in [9.17, 15) is 21.6 Å². The summed E-state index contributed by atoms with van der Waals surface area (Å²) in [5.41, 5.74) is -0.908.